The molecule has 1 aliphatic rings. The first-order valence-electron chi connectivity index (χ1n) is 8.59. The van der Waals surface area contributed by atoms with Crippen molar-refractivity contribution in [2.45, 2.75) is 77.3 Å². The van der Waals surface area contributed by atoms with E-state index < -0.39 is 5.54 Å². The fraction of sp³-hybridized carbons (Fsp3) is 0.941. The number of nitrogens with zero attached hydrogens (tertiary/aromatic N) is 1. The predicted molar refractivity (Wildman–Crippen MR) is 89.2 cm³/mol. The van der Waals surface area contributed by atoms with Gasteiger partial charge in [0.1, 0.15) is 0 Å². The summed E-state index contributed by atoms with van der Waals surface area (Å²) in [5, 5.41) is 3.31. The van der Waals surface area contributed by atoms with Crippen molar-refractivity contribution in [1.29, 1.82) is 0 Å². The Hall–Kier alpha value is -0.610. The zero-order valence-corrected chi connectivity index (χ0v) is 14.5. The van der Waals surface area contributed by atoms with Crippen LogP contribution in [0, 0.1) is 5.92 Å². The number of amides is 1. The molecule has 21 heavy (non-hydrogen) atoms. The van der Waals surface area contributed by atoms with Gasteiger partial charge >= 0.3 is 0 Å². The average molecular weight is 297 g/mol. The number of hydrogen-bond donors (Lipinski definition) is 2. The lowest BCUT2D eigenvalue weighted by atomic mass is 9.93. The molecule has 0 heterocycles. The van der Waals surface area contributed by atoms with Gasteiger partial charge in [0.05, 0.1) is 5.54 Å². The van der Waals surface area contributed by atoms with Gasteiger partial charge in [-0.2, -0.15) is 0 Å². The van der Waals surface area contributed by atoms with E-state index in [1.54, 1.807) is 0 Å². The molecule has 0 aromatic carbocycles. The third-order valence-electron chi connectivity index (χ3n) is 4.66. The van der Waals surface area contributed by atoms with Crippen molar-refractivity contribution in [3.05, 3.63) is 0 Å². The second-order valence-electron chi connectivity index (χ2n) is 7.37. The van der Waals surface area contributed by atoms with Gasteiger partial charge in [0.15, 0.2) is 0 Å². The van der Waals surface area contributed by atoms with E-state index in [1.165, 1.54) is 32.2 Å². The molecule has 1 atom stereocenters. The molecule has 0 aliphatic heterocycles. The summed E-state index contributed by atoms with van der Waals surface area (Å²) < 4.78 is 0. The lowest BCUT2D eigenvalue weighted by Crippen LogP contribution is -2.55. The number of nitrogens with two attached hydrogens (primary N) is 1. The highest BCUT2D eigenvalue weighted by Crippen LogP contribution is 2.25. The Morgan fingerprint density at radius 1 is 1.33 bits per heavy atom. The Bertz CT molecular complexity index is 313. The normalized spacial score (nSPS) is 19.3. The maximum Gasteiger partial charge on any atom is 0.237 e. The molecule has 1 amide bonds. The minimum absolute atomic E-state index is 0.240. The summed E-state index contributed by atoms with van der Waals surface area (Å²) in [6.45, 7) is 8.38. The van der Waals surface area contributed by atoms with Crippen molar-refractivity contribution in [2.24, 2.45) is 11.7 Å². The molecule has 1 aliphatic carbocycles. The second kappa shape index (κ2) is 8.74. The lowest BCUT2D eigenvalue weighted by Gasteiger charge is -2.30. The van der Waals surface area contributed by atoms with Crippen molar-refractivity contribution in [1.82, 2.24) is 10.2 Å². The number of carbonyl (C=O) groups excluding carboxylic acids is 1. The van der Waals surface area contributed by atoms with Gasteiger partial charge in [0.25, 0.3) is 0 Å². The Morgan fingerprint density at radius 3 is 2.48 bits per heavy atom. The van der Waals surface area contributed by atoms with Crippen LogP contribution in [0.1, 0.15) is 65.7 Å². The van der Waals surface area contributed by atoms with Gasteiger partial charge in [0.2, 0.25) is 5.91 Å². The van der Waals surface area contributed by atoms with Gasteiger partial charge < -0.3 is 16.0 Å². The molecule has 0 saturated heterocycles. The van der Waals surface area contributed by atoms with Crippen molar-refractivity contribution in [3.63, 3.8) is 0 Å². The molecular formula is C17H35N3O. The van der Waals surface area contributed by atoms with Crippen LogP contribution in [0.25, 0.3) is 0 Å². The number of carbonyl (C=O) groups is 1. The van der Waals surface area contributed by atoms with Crippen LogP contribution in [-0.2, 0) is 4.79 Å². The Balaban J connectivity index is 2.22. The van der Waals surface area contributed by atoms with Crippen LogP contribution < -0.4 is 11.1 Å². The lowest BCUT2D eigenvalue weighted by molar-refractivity contribution is -0.124. The molecule has 1 fully saturated rings. The highest BCUT2D eigenvalue weighted by Gasteiger charge is 2.30. The van der Waals surface area contributed by atoms with Crippen LogP contribution in [-0.4, -0.2) is 42.5 Å². The molecule has 124 valence electrons. The van der Waals surface area contributed by atoms with E-state index in [0.717, 1.165) is 31.7 Å². The van der Waals surface area contributed by atoms with Gasteiger partial charge in [-0.25, -0.2) is 0 Å². The topological polar surface area (TPSA) is 58.4 Å². The minimum atomic E-state index is -0.571. The van der Waals surface area contributed by atoms with E-state index in [9.17, 15) is 4.79 Å². The summed E-state index contributed by atoms with van der Waals surface area (Å²) in [5.41, 5.74) is 4.99. The third kappa shape index (κ3) is 6.79. The summed E-state index contributed by atoms with van der Waals surface area (Å²) in [7, 11) is 2.22. The predicted octanol–water partition coefficient (Wildman–Crippen LogP) is 2.52. The highest BCUT2D eigenvalue weighted by atomic mass is 16.1. The zero-order valence-electron chi connectivity index (χ0n) is 14.5. The maximum absolute atomic E-state index is 11.7. The Morgan fingerprint density at radius 2 is 1.95 bits per heavy atom. The van der Waals surface area contributed by atoms with Crippen molar-refractivity contribution < 1.29 is 4.79 Å². The highest BCUT2D eigenvalue weighted by molar-refractivity contribution is 5.84. The quantitative estimate of drug-likeness (QED) is 0.609. The van der Waals surface area contributed by atoms with Gasteiger partial charge in [-0.05, 0) is 72.4 Å². The molecule has 4 nitrogen and oxygen atoms in total. The summed E-state index contributed by atoms with van der Waals surface area (Å²) in [6, 6.07) is 0.271. The van der Waals surface area contributed by atoms with Gasteiger partial charge in [-0.3, -0.25) is 4.79 Å². The fourth-order valence-electron chi connectivity index (χ4n) is 3.49. The fourth-order valence-corrected chi connectivity index (χ4v) is 3.49. The number of nitrogens with one attached hydrogen (secondary N) is 1. The van der Waals surface area contributed by atoms with Crippen molar-refractivity contribution >= 4 is 5.91 Å². The van der Waals surface area contributed by atoms with Crippen LogP contribution in [0.4, 0.5) is 0 Å². The van der Waals surface area contributed by atoms with Crippen molar-refractivity contribution in [3.8, 4) is 0 Å². The molecule has 1 rings (SSSR count). The molecule has 0 aromatic heterocycles. The molecule has 0 spiro atoms. The smallest absolute Gasteiger partial charge is 0.237 e. The summed E-state index contributed by atoms with van der Waals surface area (Å²) >= 11 is 0. The monoisotopic (exact) mass is 297 g/mol. The summed E-state index contributed by atoms with van der Waals surface area (Å²) in [4.78, 5) is 14.1. The standard InChI is InChI=1S/C17H35N3O/c1-14(2)19-17(3,16(18)21)11-7-8-12-20(4)13-15-9-5-6-10-15/h14-15,19H,5-13H2,1-4H3,(H2,18,21). The largest absolute Gasteiger partial charge is 0.368 e. The van der Waals surface area contributed by atoms with Crippen LogP contribution in [0.3, 0.4) is 0 Å². The molecule has 0 aromatic rings. The van der Waals surface area contributed by atoms with Gasteiger partial charge in [-0.15, -0.1) is 0 Å². The zero-order chi connectivity index (χ0) is 15.9. The Labute approximate surface area is 130 Å². The van der Waals surface area contributed by atoms with E-state index >= 15 is 0 Å². The summed E-state index contributed by atoms with van der Waals surface area (Å²) in [6.07, 6.45) is 8.62. The van der Waals surface area contributed by atoms with E-state index in [1.807, 2.05) is 6.92 Å². The number of rotatable bonds is 10. The number of primary amides is 1. The van der Waals surface area contributed by atoms with E-state index in [2.05, 4.69) is 31.1 Å². The molecule has 3 N–H and O–H groups in total. The first-order chi connectivity index (χ1) is 9.83. The van der Waals surface area contributed by atoms with Crippen LogP contribution in [0.15, 0.2) is 0 Å². The van der Waals surface area contributed by atoms with Crippen LogP contribution in [0.5, 0.6) is 0 Å². The first-order valence-corrected chi connectivity index (χ1v) is 8.59. The minimum Gasteiger partial charge on any atom is -0.368 e. The molecule has 0 bridgehead atoms. The Kier molecular flexibility index (Phi) is 7.67. The van der Waals surface area contributed by atoms with Gasteiger partial charge in [0, 0.05) is 12.6 Å². The first kappa shape index (κ1) is 18.4. The average Bonchev–Trinajstić information content (AvgIpc) is 2.86. The van der Waals surface area contributed by atoms with E-state index in [4.69, 9.17) is 5.73 Å². The number of unbranched alkanes of at least 4 members (excludes halogenated alkanes) is 1. The van der Waals surface area contributed by atoms with E-state index in [-0.39, 0.29) is 11.9 Å². The molecular weight excluding hydrogens is 262 g/mol. The molecule has 4 heteroatoms. The van der Waals surface area contributed by atoms with Crippen LogP contribution in [0.2, 0.25) is 0 Å². The number of hydrogen-bond acceptors (Lipinski definition) is 3. The third-order valence-corrected chi connectivity index (χ3v) is 4.66. The molecule has 1 saturated carbocycles. The van der Waals surface area contributed by atoms with Gasteiger partial charge in [-0.1, -0.05) is 12.8 Å². The van der Waals surface area contributed by atoms with Crippen molar-refractivity contribution in [2.75, 3.05) is 20.1 Å². The van der Waals surface area contributed by atoms with Crippen LogP contribution >= 0.6 is 0 Å². The molecule has 0 radical (unpaired) electrons. The van der Waals surface area contributed by atoms with E-state index in [0.29, 0.717) is 0 Å². The molecule has 1 unspecified atom stereocenters. The summed E-state index contributed by atoms with van der Waals surface area (Å²) in [5.74, 6) is 0.670. The SMILES string of the molecule is CC(C)NC(C)(CCCCN(C)CC1CCCC1)C(N)=O. The maximum atomic E-state index is 11.7. The second-order valence-corrected chi connectivity index (χ2v) is 7.37.